The normalized spacial score (nSPS) is 11.5. The Hall–Kier alpha value is -2.42. The van der Waals surface area contributed by atoms with Crippen molar-refractivity contribution in [2.24, 2.45) is 0 Å². The van der Waals surface area contributed by atoms with Gasteiger partial charge in [-0.2, -0.15) is 5.10 Å². The lowest BCUT2D eigenvalue weighted by atomic mass is 10.1. The van der Waals surface area contributed by atoms with E-state index in [1.165, 1.54) is 13.2 Å². The molecule has 0 aliphatic heterocycles. The fourth-order valence-electron chi connectivity index (χ4n) is 2.25. The molecule has 0 aliphatic carbocycles. The Morgan fingerprint density at radius 2 is 2.00 bits per heavy atom. The van der Waals surface area contributed by atoms with E-state index in [0.717, 1.165) is 6.26 Å². The number of aromatic nitrogens is 2. The van der Waals surface area contributed by atoms with Crippen LogP contribution in [0.4, 0.5) is 0 Å². The number of rotatable bonds is 6. The van der Waals surface area contributed by atoms with Gasteiger partial charge in [-0.25, -0.2) is 8.42 Å². The zero-order valence-electron chi connectivity index (χ0n) is 13.6. The van der Waals surface area contributed by atoms with Gasteiger partial charge in [0.05, 0.1) is 37.5 Å². The molecule has 1 aromatic heterocycles. The highest BCUT2D eigenvalue weighted by Crippen LogP contribution is 2.21. The van der Waals surface area contributed by atoms with Crippen molar-refractivity contribution >= 4 is 26.8 Å². The first-order chi connectivity index (χ1) is 11.3. The Kier molecular flexibility index (Phi) is 5.23. The maximum atomic E-state index is 12.4. The molecule has 24 heavy (non-hydrogen) atoms. The third kappa shape index (κ3) is 3.73. The lowest BCUT2D eigenvalue weighted by molar-refractivity contribution is -0.143. The maximum Gasteiger partial charge on any atom is 0.306 e. The van der Waals surface area contributed by atoms with Crippen LogP contribution in [-0.4, -0.2) is 43.5 Å². The zero-order valence-corrected chi connectivity index (χ0v) is 14.4. The second-order valence-corrected chi connectivity index (χ2v) is 6.89. The molecule has 1 aromatic carbocycles. The molecule has 1 heterocycles. The van der Waals surface area contributed by atoms with E-state index in [1.54, 1.807) is 19.1 Å². The van der Waals surface area contributed by atoms with Crippen molar-refractivity contribution in [3.63, 3.8) is 0 Å². The molecule has 0 N–H and O–H groups in total. The summed E-state index contributed by atoms with van der Waals surface area (Å²) < 4.78 is 34.0. The number of nitrogens with zero attached hydrogens (tertiary/aromatic N) is 2. The minimum atomic E-state index is -3.88. The highest BCUT2D eigenvalue weighted by atomic mass is 32.2. The van der Waals surface area contributed by atoms with Crippen LogP contribution in [0.1, 0.15) is 19.0 Å². The monoisotopic (exact) mass is 354 g/mol. The van der Waals surface area contributed by atoms with Gasteiger partial charge in [0.15, 0.2) is 0 Å². The van der Waals surface area contributed by atoms with Gasteiger partial charge in [0.1, 0.15) is 5.75 Å². The van der Waals surface area contributed by atoms with Gasteiger partial charge in [0.25, 0.3) is 15.6 Å². The number of esters is 1. The molecule has 0 aliphatic rings. The van der Waals surface area contributed by atoms with Gasteiger partial charge in [-0.15, -0.1) is 4.09 Å². The van der Waals surface area contributed by atoms with Crippen molar-refractivity contribution in [2.45, 2.75) is 19.8 Å². The SMILES string of the molecule is CCOC(=O)CCc1nn(S(C)(=O)=O)c(=O)c2cc(OC)ccc12. The van der Waals surface area contributed by atoms with Crippen LogP contribution < -0.4 is 10.3 Å². The summed E-state index contributed by atoms with van der Waals surface area (Å²) in [7, 11) is -2.44. The first-order valence-electron chi connectivity index (χ1n) is 7.24. The lowest BCUT2D eigenvalue weighted by Crippen LogP contribution is -2.30. The van der Waals surface area contributed by atoms with E-state index < -0.39 is 21.6 Å². The van der Waals surface area contributed by atoms with Crippen molar-refractivity contribution in [1.82, 2.24) is 9.19 Å². The van der Waals surface area contributed by atoms with Crippen molar-refractivity contribution < 1.29 is 22.7 Å². The smallest absolute Gasteiger partial charge is 0.306 e. The number of carbonyl (C=O) groups is 1. The summed E-state index contributed by atoms with van der Waals surface area (Å²) in [6.45, 7) is 1.95. The Balaban J connectivity index is 2.62. The molecule has 8 nitrogen and oxygen atoms in total. The average Bonchev–Trinajstić information content (AvgIpc) is 2.53. The van der Waals surface area contributed by atoms with Gasteiger partial charge in [-0.3, -0.25) is 9.59 Å². The molecule has 0 radical (unpaired) electrons. The molecular formula is C15H18N2O6S. The number of hydrogen-bond acceptors (Lipinski definition) is 7. The second kappa shape index (κ2) is 7.00. The van der Waals surface area contributed by atoms with Gasteiger partial charge in [0, 0.05) is 11.8 Å². The fraction of sp³-hybridized carbons (Fsp3) is 0.400. The molecule has 130 valence electrons. The summed E-state index contributed by atoms with van der Waals surface area (Å²) in [4.78, 5) is 24.0. The summed E-state index contributed by atoms with van der Waals surface area (Å²) >= 11 is 0. The lowest BCUT2D eigenvalue weighted by Gasteiger charge is -2.10. The van der Waals surface area contributed by atoms with E-state index in [1.807, 2.05) is 0 Å². The number of fused-ring (bicyclic) bond motifs is 1. The first kappa shape index (κ1) is 17.9. The van der Waals surface area contributed by atoms with E-state index in [9.17, 15) is 18.0 Å². The maximum absolute atomic E-state index is 12.4. The minimum Gasteiger partial charge on any atom is -0.497 e. The van der Waals surface area contributed by atoms with Crippen LogP contribution in [0.2, 0.25) is 0 Å². The summed E-state index contributed by atoms with van der Waals surface area (Å²) in [5.74, 6) is 0.000242. The second-order valence-electron chi connectivity index (χ2n) is 5.07. The van der Waals surface area contributed by atoms with Gasteiger partial charge in [-0.05, 0) is 25.1 Å². The molecule has 0 amide bonds. The van der Waals surface area contributed by atoms with Crippen molar-refractivity contribution in [3.05, 3.63) is 34.2 Å². The van der Waals surface area contributed by atoms with Crippen LogP contribution in [0.25, 0.3) is 10.8 Å². The molecule has 0 spiro atoms. The Morgan fingerprint density at radius 3 is 2.58 bits per heavy atom. The minimum absolute atomic E-state index is 0.0317. The van der Waals surface area contributed by atoms with E-state index in [2.05, 4.69) is 5.10 Å². The number of hydrogen-bond donors (Lipinski definition) is 0. The van der Waals surface area contributed by atoms with E-state index in [0.29, 0.717) is 20.9 Å². The third-order valence-corrected chi connectivity index (χ3v) is 4.21. The van der Waals surface area contributed by atoms with E-state index in [4.69, 9.17) is 9.47 Å². The molecule has 2 aromatic rings. The summed E-state index contributed by atoms with van der Waals surface area (Å²) in [5.41, 5.74) is -0.433. The quantitative estimate of drug-likeness (QED) is 0.704. The number of aryl methyl sites for hydroxylation is 1. The molecule has 2 rings (SSSR count). The van der Waals surface area contributed by atoms with Crippen LogP contribution >= 0.6 is 0 Å². The first-order valence-corrected chi connectivity index (χ1v) is 9.09. The summed E-state index contributed by atoms with van der Waals surface area (Å²) in [6, 6.07) is 4.71. The summed E-state index contributed by atoms with van der Waals surface area (Å²) in [5, 5.41) is 4.56. The van der Waals surface area contributed by atoms with Crippen LogP contribution in [0.3, 0.4) is 0 Å². The highest BCUT2D eigenvalue weighted by molar-refractivity contribution is 7.89. The fourth-order valence-corrected chi connectivity index (χ4v) is 2.90. The van der Waals surface area contributed by atoms with Gasteiger partial charge < -0.3 is 9.47 Å². The number of ether oxygens (including phenoxy) is 2. The molecule has 0 fully saturated rings. The molecule has 0 saturated heterocycles. The molecular weight excluding hydrogens is 336 g/mol. The van der Waals surface area contributed by atoms with Gasteiger partial charge in [-0.1, -0.05) is 0 Å². The van der Waals surface area contributed by atoms with Crippen molar-refractivity contribution in [3.8, 4) is 5.75 Å². The Morgan fingerprint density at radius 1 is 1.29 bits per heavy atom. The predicted octanol–water partition coefficient (Wildman–Crippen LogP) is 0.709. The molecule has 0 atom stereocenters. The van der Waals surface area contributed by atoms with Crippen LogP contribution in [0, 0.1) is 0 Å². The van der Waals surface area contributed by atoms with Crippen LogP contribution in [-0.2, 0) is 26.0 Å². The summed E-state index contributed by atoms with van der Waals surface area (Å²) in [6.07, 6.45) is 1.07. The van der Waals surface area contributed by atoms with Crippen molar-refractivity contribution in [1.29, 1.82) is 0 Å². The molecule has 0 unspecified atom stereocenters. The number of benzene rings is 1. The van der Waals surface area contributed by atoms with Crippen molar-refractivity contribution in [2.75, 3.05) is 20.0 Å². The predicted molar refractivity (Wildman–Crippen MR) is 87.8 cm³/mol. The van der Waals surface area contributed by atoms with Gasteiger partial charge in [0.2, 0.25) is 0 Å². The number of carbonyl (C=O) groups excluding carboxylic acids is 1. The van der Waals surface area contributed by atoms with Crippen LogP contribution in [0.5, 0.6) is 5.75 Å². The topological polar surface area (TPSA) is 105 Å². The Bertz CT molecular complexity index is 933. The third-order valence-electron chi connectivity index (χ3n) is 3.34. The van der Waals surface area contributed by atoms with E-state index in [-0.39, 0.29) is 24.8 Å². The molecule has 9 heteroatoms. The van der Waals surface area contributed by atoms with E-state index >= 15 is 0 Å². The van der Waals surface area contributed by atoms with Gasteiger partial charge >= 0.3 is 5.97 Å². The van der Waals surface area contributed by atoms with Crippen LogP contribution in [0.15, 0.2) is 23.0 Å². The average molecular weight is 354 g/mol. The molecule has 0 saturated carbocycles. The Labute approximate surface area is 139 Å². The standard InChI is InChI=1S/C15H18N2O6S/c1-4-23-14(18)8-7-13-11-6-5-10(22-2)9-12(11)15(19)17(16-13)24(3,20)21/h5-6,9H,4,7-8H2,1-3H3. The molecule has 0 bridgehead atoms. The largest absolute Gasteiger partial charge is 0.497 e. The number of methoxy groups -OCH3 is 1. The highest BCUT2D eigenvalue weighted by Gasteiger charge is 2.18. The zero-order chi connectivity index (χ0) is 17.9.